The molecule has 0 saturated heterocycles. The molecular weight excluding hydrogens is 252 g/mol. The van der Waals surface area contributed by atoms with E-state index in [0.29, 0.717) is 6.10 Å². The molecule has 0 spiro atoms. The van der Waals surface area contributed by atoms with Crippen LogP contribution in [0.1, 0.15) is 36.5 Å². The maximum Gasteiger partial charge on any atom is 0.0827 e. The molecule has 0 aliphatic carbocycles. The van der Waals surface area contributed by atoms with E-state index in [1.165, 1.54) is 24.0 Å². The van der Waals surface area contributed by atoms with Gasteiger partial charge in [-0.25, -0.2) is 0 Å². The topological polar surface area (TPSA) is 9.23 Å². The molecule has 2 heteroatoms. The van der Waals surface area contributed by atoms with Crippen molar-refractivity contribution in [1.29, 1.82) is 0 Å². The molecule has 0 radical (unpaired) electrons. The number of halogens is 1. The first-order valence-electron chi connectivity index (χ1n) is 5.67. The zero-order valence-electron chi connectivity index (χ0n) is 8.92. The largest absolute Gasteiger partial charge is 0.373 e. The van der Waals surface area contributed by atoms with Gasteiger partial charge in [0.2, 0.25) is 0 Å². The highest BCUT2D eigenvalue weighted by Gasteiger charge is 2.19. The fraction of sp³-hybridized carbons (Fsp3) is 0.538. The van der Waals surface area contributed by atoms with Gasteiger partial charge in [-0.2, -0.15) is 0 Å². The van der Waals surface area contributed by atoms with Crippen LogP contribution in [-0.4, -0.2) is 11.9 Å². The van der Waals surface area contributed by atoms with E-state index in [-0.39, 0.29) is 0 Å². The van der Waals surface area contributed by atoms with Gasteiger partial charge in [0.25, 0.3) is 0 Å². The van der Waals surface area contributed by atoms with Crippen molar-refractivity contribution < 1.29 is 4.74 Å². The van der Waals surface area contributed by atoms with Gasteiger partial charge < -0.3 is 4.74 Å². The minimum Gasteiger partial charge on any atom is -0.373 e. The van der Waals surface area contributed by atoms with Gasteiger partial charge in [0.05, 0.1) is 12.7 Å². The summed E-state index contributed by atoms with van der Waals surface area (Å²) in [5.41, 5.74) is 2.89. The summed E-state index contributed by atoms with van der Waals surface area (Å²) >= 11 is 3.47. The Morgan fingerprint density at radius 2 is 2.13 bits per heavy atom. The Kier molecular flexibility index (Phi) is 4.21. The van der Waals surface area contributed by atoms with Crippen molar-refractivity contribution >= 4 is 15.9 Å². The molecule has 1 unspecified atom stereocenters. The van der Waals surface area contributed by atoms with Crippen LogP contribution in [0.3, 0.4) is 0 Å². The highest BCUT2D eigenvalue weighted by molar-refractivity contribution is 9.09. The third kappa shape index (κ3) is 2.82. The lowest BCUT2D eigenvalue weighted by Crippen LogP contribution is -2.16. The lowest BCUT2D eigenvalue weighted by atomic mass is 9.95. The summed E-state index contributed by atoms with van der Waals surface area (Å²) in [5.74, 6) is 0. The van der Waals surface area contributed by atoms with Crippen molar-refractivity contribution in [3.8, 4) is 0 Å². The lowest BCUT2D eigenvalue weighted by molar-refractivity contribution is 0.0352. The van der Waals surface area contributed by atoms with Crippen molar-refractivity contribution in [2.24, 2.45) is 0 Å². The second-order valence-electron chi connectivity index (χ2n) is 3.99. The molecule has 0 bridgehead atoms. The highest BCUT2D eigenvalue weighted by Crippen LogP contribution is 2.30. The fourth-order valence-electron chi connectivity index (χ4n) is 2.14. The first-order chi connectivity index (χ1) is 7.42. The number of ether oxygens (including phenoxy) is 1. The van der Waals surface area contributed by atoms with Crippen LogP contribution in [-0.2, 0) is 11.2 Å². The molecule has 1 aliphatic rings. The molecule has 1 aromatic carbocycles. The predicted molar refractivity (Wildman–Crippen MR) is 66.5 cm³/mol. The SMILES string of the molecule is BrCCCCC1OCCc2ccccc21. The van der Waals surface area contributed by atoms with Crippen LogP contribution >= 0.6 is 15.9 Å². The molecule has 1 aromatic rings. The van der Waals surface area contributed by atoms with Crippen molar-refractivity contribution in [3.05, 3.63) is 35.4 Å². The van der Waals surface area contributed by atoms with Crippen LogP contribution in [0, 0.1) is 0 Å². The number of rotatable bonds is 4. The van der Waals surface area contributed by atoms with Crippen molar-refractivity contribution in [1.82, 2.24) is 0 Å². The van der Waals surface area contributed by atoms with Crippen LogP contribution < -0.4 is 0 Å². The summed E-state index contributed by atoms with van der Waals surface area (Å²) in [6, 6.07) is 8.69. The van der Waals surface area contributed by atoms with Gasteiger partial charge in [0.15, 0.2) is 0 Å². The first kappa shape index (κ1) is 11.2. The molecule has 0 amide bonds. The van der Waals surface area contributed by atoms with Gasteiger partial charge in [0, 0.05) is 5.33 Å². The summed E-state index contributed by atoms with van der Waals surface area (Å²) in [6.45, 7) is 0.885. The second-order valence-corrected chi connectivity index (χ2v) is 4.79. The predicted octanol–water partition coefficient (Wildman–Crippen LogP) is 3.87. The Morgan fingerprint density at radius 3 is 3.00 bits per heavy atom. The van der Waals surface area contributed by atoms with E-state index in [9.17, 15) is 0 Å². The highest BCUT2D eigenvalue weighted by atomic mass is 79.9. The van der Waals surface area contributed by atoms with E-state index in [0.717, 1.165) is 24.8 Å². The van der Waals surface area contributed by atoms with E-state index in [1.54, 1.807) is 0 Å². The monoisotopic (exact) mass is 268 g/mol. The van der Waals surface area contributed by atoms with E-state index >= 15 is 0 Å². The van der Waals surface area contributed by atoms with Crippen LogP contribution in [0.5, 0.6) is 0 Å². The molecule has 1 heterocycles. The Balaban J connectivity index is 2.02. The van der Waals surface area contributed by atoms with Gasteiger partial charge in [-0.15, -0.1) is 0 Å². The number of fused-ring (bicyclic) bond motifs is 1. The Morgan fingerprint density at radius 1 is 1.27 bits per heavy atom. The molecule has 15 heavy (non-hydrogen) atoms. The minimum absolute atomic E-state index is 0.342. The van der Waals surface area contributed by atoms with Gasteiger partial charge in [-0.05, 0) is 36.8 Å². The second kappa shape index (κ2) is 5.66. The molecule has 1 aliphatic heterocycles. The molecule has 1 atom stereocenters. The minimum atomic E-state index is 0.342. The quantitative estimate of drug-likeness (QED) is 0.595. The normalized spacial score (nSPS) is 19.9. The van der Waals surface area contributed by atoms with Crippen molar-refractivity contribution in [2.75, 3.05) is 11.9 Å². The standard InChI is InChI=1S/C13H17BrO/c14-9-4-3-7-13-12-6-2-1-5-11(12)8-10-15-13/h1-2,5-6,13H,3-4,7-10H2. The van der Waals surface area contributed by atoms with Gasteiger partial charge >= 0.3 is 0 Å². The number of benzene rings is 1. The van der Waals surface area contributed by atoms with Crippen LogP contribution in [0.15, 0.2) is 24.3 Å². The number of hydrogen-bond donors (Lipinski definition) is 0. The number of unbranched alkanes of at least 4 members (excludes halogenated alkanes) is 1. The molecule has 0 N–H and O–H groups in total. The van der Waals surface area contributed by atoms with Crippen LogP contribution in [0.25, 0.3) is 0 Å². The smallest absolute Gasteiger partial charge is 0.0827 e. The van der Waals surface area contributed by atoms with Gasteiger partial charge in [0.1, 0.15) is 0 Å². The molecule has 82 valence electrons. The third-order valence-electron chi connectivity index (χ3n) is 2.94. The molecule has 0 saturated carbocycles. The maximum absolute atomic E-state index is 5.84. The molecule has 2 rings (SSSR count). The summed E-state index contributed by atoms with van der Waals surface area (Å²) in [4.78, 5) is 0. The number of hydrogen-bond acceptors (Lipinski definition) is 1. The summed E-state index contributed by atoms with van der Waals surface area (Å²) < 4.78 is 5.84. The molecular formula is C13H17BrO. The Bertz CT molecular complexity index is 311. The maximum atomic E-state index is 5.84. The molecule has 1 nitrogen and oxygen atoms in total. The Hall–Kier alpha value is -0.340. The van der Waals surface area contributed by atoms with Crippen molar-refractivity contribution in [2.45, 2.75) is 31.8 Å². The van der Waals surface area contributed by atoms with E-state index in [2.05, 4.69) is 40.2 Å². The molecule has 0 aromatic heterocycles. The zero-order chi connectivity index (χ0) is 10.5. The van der Waals surface area contributed by atoms with E-state index < -0.39 is 0 Å². The third-order valence-corrected chi connectivity index (χ3v) is 3.50. The zero-order valence-corrected chi connectivity index (χ0v) is 10.5. The van der Waals surface area contributed by atoms with Crippen LogP contribution in [0.2, 0.25) is 0 Å². The average molecular weight is 269 g/mol. The van der Waals surface area contributed by atoms with E-state index in [1.807, 2.05) is 0 Å². The van der Waals surface area contributed by atoms with E-state index in [4.69, 9.17) is 4.74 Å². The Labute approximate surface area is 100.0 Å². The fourth-order valence-corrected chi connectivity index (χ4v) is 2.54. The average Bonchev–Trinajstić information content (AvgIpc) is 2.30. The van der Waals surface area contributed by atoms with Gasteiger partial charge in [-0.3, -0.25) is 0 Å². The van der Waals surface area contributed by atoms with Gasteiger partial charge in [-0.1, -0.05) is 40.2 Å². The summed E-state index contributed by atoms with van der Waals surface area (Å²) in [7, 11) is 0. The lowest BCUT2D eigenvalue weighted by Gasteiger charge is -2.25. The summed E-state index contributed by atoms with van der Waals surface area (Å²) in [5, 5.41) is 1.10. The van der Waals surface area contributed by atoms with Crippen molar-refractivity contribution in [3.63, 3.8) is 0 Å². The summed E-state index contributed by atoms with van der Waals surface area (Å²) in [6.07, 6.45) is 5.05. The first-order valence-corrected chi connectivity index (χ1v) is 6.79. The molecule has 0 fully saturated rings. The number of alkyl halides is 1. The van der Waals surface area contributed by atoms with Crippen LogP contribution in [0.4, 0.5) is 0 Å².